The number of carbonyl (C=O) groups is 4. The molecule has 1 atom stereocenters. The van der Waals surface area contributed by atoms with Gasteiger partial charge in [0.25, 0.3) is 5.91 Å². The number of benzene rings is 3. The molecule has 5 aromatic rings. The number of carboxylic acids is 1. The van der Waals surface area contributed by atoms with Gasteiger partial charge in [-0.05, 0) is 65.7 Å². The van der Waals surface area contributed by atoms with Crippen LogP contribution in [0.15, 0.2) is 109 Å². The minimum atomic E-state index is -1.07. The van der Waals surface area contributed by atoms with Gasteiger partial charge in [-0.25, -0.2) is 14.8 Å². The molecule has 15 nitrogen and oxygen atoms in total. The highest BCUT2D eigenvalue weighted by atomic mass is 16.5. The van der Waals surface area contributed by atoms with Crippen LogP contribution in [-0.4, -0.2) is 142 Å². The van der Waals surface area contributed by atoms with Crippen LogP contribution in [0.4, 0.5) is 5.69 Å². The number of hydrogen-bond donors (Lipinski definition) is 2. The maximum atomic E-state index is 12.6. The normalized spacial score (nSPS) is 15.8. The van der Waals surface area contributed by atoms with Gasteiger partial charge >= 0.3 is 5.97 Å². The SMILES string of the molecule is C.CN1Cc2ccccc2C#Cc2ccccc21.O=CCCNC(=O)c1ccc(C(c2cccc(C=O)n2)N2CCOCCOCCN(Cc3cccc(C(=O)O)n3)CCOCCOCC2)cc1. The number of nitrogens with zero attached hydrogens (tertiary/aromatic N) is 5. The Labute approximate surface area is 399 Å². The third-order valence-corrected chi connectivity index (χ3v) is 11.0. The summed E-state index contributed by atoms with van der Waals surface area (Å²) in [5.41, 5.74) is 7.70. The van der Waals surface area contributed by atoms with Gasteiger partial charge in [0.05, 0.1) is 76.0 Å². The van der Waals surface area contributed by atoms with Crippen LogP contribution in [0.3, 0.4) is 0 Å². The lowest BCUT2D eigenvalue weighted by atomic mass is 9.99. The molecule has 0 bridgehead atoms. The molecule has 0 saturated carbocycles. The monoisotopic (exact) mass is 926 g/mol. The van der Waals surface area contributed by atoms with Crippen LogP contribution >= 0.6 is 0 Å². The predicted molar refractivity (Wildman–Crippen MR) is 260 cm³/mol. The number of ether oxygens (including phenoxy) is 4. The second-order valence-electron chi connectivity index (χ2n) is 15.7. The van der Waals surface area contributed by atoms with E-state index in [4.69, 9.17) is 18.9 Å². The number of anilines is 1. The lowest BCUT2D eigenvalue weighted by Gasteiger charge is -2.32. The highest BCUT2D eigenvalue weighted by Crippen LogP contribution is 2.28. The van der Waals surface area contributed by atoms with Crippen LogP contribution < -0.4 is 10.2 Å². The topological polar surface area (TPSA) is 173 Å². The fourth-order valence-corrected chi connectivity index (χ4v) is 7.54. The number of aromatic carboxylic acids is 1. The minimum Gasteiger partial charge on any atom is -0.477 e. The molecule has 0 radical (unpaired) electrons. The van der Waals surface area contributed by atoms with Crippen molar-refractivity contribution in [3.05, 3.63) is 160 Å². The first-order valence-electron chi connectivity index (χ1n) is 22.4. The Kier molecular flexibility index (Phi) is 21.9. The summed E-state index contributed by atoms with van der Waals surface area (Å²) in [6.45, 7) is 7.08. The molecule has 0 aliphatic carbocycles. The summed E-state index contributed by atoms with van der Waals surface area (Å²) in [5.74, 6) is 5.19. The maximum absolute atomic E-state index is 12.6. The van der Waals surface area contributed by atoms with E-state index in [0.29, 0.717) is 115 Å². The van der Waals surface area contributed by atoms with Crippen LogP contribution in [-0.2, 0) is 36.8 Å². The van der Waals surface area contributed by atoms with Gasteiger partial charge in [0, 0.05) is 76.0 Å². The van der Waals surface area contributed by atoms with Gasteiger partial charge in [-0.15, -0.1) is 0 Å². The Hall–Kier alpha value is -6.64. The number of carbonyl (C=O) groups excluding carboxylic acids is 3. The summed E-state index contributed by atoms with van der Waals surface area (Å²) in [6.07, 6.45) is 1.71. The van der Waals surface area contributed by atoms with Crippen LogP contribution in [0.2, 0.25) is 0 Å². The summed E-state index contributed by atoms with van der Waals surface area (Å²) in [5, 5.41) is 12.0. The first kappa shape index (κ1) is 52.3. The number of rotatable bonds is 11. The lowest BCUT2D eigenvalue weighted by molar-refractivity contribution is -0.107. The average molecular weight is 927 g/mol. The third kappa shape index (κ3) is 16.3. The molecule has 7 rings (SSSR count). The number of aromatic nitrogens is 2. The van der Waals surface area contributed by atoms with Crippen molar-refractivity contribution in [2.24, 2.45) is 0 Å². The van der Waals surface area contributed by atoms with Crippen molar-refractivity contribution in [2.45, 2.75) is 33.0 Å². The molecule has 2 aliphatic heterocycles. The fourth-order valence-electron chi connectivity index (χ4n) is 7.54. The van der Waals surface area contributed by atoms with E-state index in [9.17, 15) is 24.3 Å². The summed E-state index contributed by atoms with van der Waals surface area (Å²) in [7, 11) is 2.11. The molecule has 1 saturated heterocycles. The molecule has 2 aromatic heterocycles. The fraction of sp³-hybridized carbons (Fsp3) is 0.358. The Bertz CT molecular complexity index is 2420. The Morgan fingerprint density at radius 1 is 0.721 bits per heavy atom. The first-order valence-corrected chi connectivity index (χ1v) is 22.4. The molecular formula is C53H62N6O9. The van der Waals surface area contributed by atoms with Crippen LogP contribution in [0.25, 0.3) is 0 Å². The number of carboxylic acid groups (broad SMARTS) is 1. The van der Waals surface area contributed by atoms with Gasteiger partial charge in [0.15, 0.2) is 6.29 Å². The molecule has 0 spiro atoms. The van der Waals surface area contributed by atoms with Gasteiger partial charge < -0.3 is 39.1 Å². The lowest BCUT2D eigenvalue weighted by Crippen LogP contribution is -2.36. The second-order valence-corrected chi connectivity index (χ2v) is 15.7. The molecule has 358 valence electrons. The molecule has 1 amide bonds. The van der Waals surface area contributed by atoms with E-state index in [1.165, 1.54) is 17.3 Å². The smallest absolute Gasteiger partial charge is 0.354 e. The molecule has 68 heavy (non-hydrogen) atoms. The second kappa shape index (κ2) is 28.5. The van der Waals surface area contributed by atoms with E-state index in [0.717, 1.165) is 29.5 Å². The number of pyridine rings is 2. The zero-order chi connectivity index (χ0) is 47.1. The molecule has 15 heteroatoms. The molecule has 1 unspecified atom stereocenters. The predicted octanol–water partition coefficient (Wildman–Crippen LogP) is 5.95. The van der Waals surface area contributed by atoms with E-state index >= 15 is 0 Å². The van der Waals surface area contributed by atoms with Gasteiger partial charge in [0.2, 0.25) is 0 Å². The zero-order valence-corrected chi connectivity index (χ0v) is 37.9. The summed E-state index contributed by atoms with van der Waals surface area (Å²) >= 11 is 0. The Morgan fingerprint density at radius 3 is 2.00 bits per heavy atom. The summed E-state index contributed by atoms with van der Waals surface area (Å²) < 4.78 is 23.7. The Balaban J connectivity index is 0.000000398. The van der Waals surface area contributed by atoms with E-state index in [1.54, 1.807) is 36.4 Å². The van der Waals surface area contributed by atoms with Gasteiger partial charge in [-0.1, -0.05) is 73.9 Å². The van der Waals surface area contributed by atoms with Crippen LogP contribution in [0, 0.1) is 11.8 Å². The van der Waals surface area contributed by atoms with Crippen molar-refractivity contribution in [3.8, 4) is 11.8 Å². The van der Waals surface area contributed by atoms with Gasteiger partial charge in [0.1, 0.15) is 17.7 Å². The standard InChI is InChI=1S/C36H45N5O9.C16H13N.CH4/c42-17-3-12-37-35(44)29-10-8-28(9-11-29)34(32-6-2-5-31(27-43)39-32)41-15-20-49-24-22-47-18-13-40(14-19-48-23-25-50-21-16-41)26-30-4-1-7-33(38-30)36(45)46;1-17-12-15-8-3-2-6-13(15)10-11-14-7-4-5-9-16(14)17;/h1-2,4-11,17,27,34H,3,12-16,18-26H2,(H,37,44)(H,45,46);2-9H,12H2,1H3;1H4. The molecular weight excluding hydrogens is 865 g/mol. The van der Waals surface area contributed by atoms with E-state index < -0.39 is 5.97 Å². The summed E-state index contributed by atoms with van der Waals surface area (Å²) in [4.78, 5) is 61.6. The van der Waals surface area contributed by atoms with E-state index in [1.807, 2.05) is 30.3 Å². The number of para-hydroxylation sites is 1. The molecule has 2 N–H and O–H groups in total. The minimum absolute atomic E-state index is 0. The number of amides is 1. The van der Waals surface area contributed by atoms with Crippen molar-refractivity contribution in [2.75, 3.05) is 97.5 Å². The van der Waals surface area contributed by atoms with E-state index in [-0.39, 0.29) is 38.0 Å². The highest BCUT2D eigenvalue weighted by Gasteiger charge is 2.25. The van der Waals surface area contributed by atoms with Crippen molar-refractivity contribution < 1.29 is 43.2 Å². The van der Waals surface area contributed by atoms with Crippen molar-refractivity contribution in [1.82, 2.24) is 25.1 Å². The highest BCUT2D eigenvalue weighted by molar-refractivity contribution is 5.94. The number of fused-ring (bicyclic) bond motifs is 2. The van der Waals surface area contributed by atoms with Crippen molar-refractivity contribution in [3.63, 3.8) is 0 Å². The third-order valence-electron chi connectivity index (χ3n) is 11.0. The molecule has 2 aliphatic rings. The molecule has 4 heterocycles. The summed E-state index contributed by atoms with van der Waals surface area (Å²) in [6, 6.07) is 33.8. The number of hydrogen-bond acceptors (Lipinski definition) is 13. The Morgan fingerprint density at radius 2 is 1.34 bits per heavy atom. The van der Waals surface area contributed by atoms with Gasteiger partial charge in [-0.2, -0.15) is 0 Å². The molecule has 1 fully saturated rings. The first-order chi connectivity index (χ1) is 32.8. The maximum Gasteiger partial charge on any atom is 0.354 e. The molecule has 3 aromatic carbocycles. The van der Waals surface area contributed by atoms with Crippen molar-refractivity contribution in [1.29, 1.82) is 0 Å². The van der Waals surface area contributed by atoms with Crippen LogP contribution in [0.5, 0.6) is 0 Å². The van der Waals surface area contributed by atoms with Crippen molar-refractivity contribution >= 4 is 30.1 Å². The van der Waals surface area contributed by atoms with Crippen LogP contribution in [0.1, 0.15) is 84.9 Å². The number of nitrogens with one attached hydrogen (secondary N) is 1. The number of aldehydes is 2. The van der Waals surface area contributed by atoms with E-state index in [2.05, 4.69) is 85.3 Å². The quantitative estimate of drug-likeness (QED) is 0.0904. The van der Waals surface area contributed by atoms with Gasteiger partial charge in [-0.3, -0.25) is 19.4 Å². The average Bonchev–Trinajstić information content (AvgIpc) is 3.35. The largest absolute Gasteiger partial charge is 0.477 e. The zero-order valence-electron chi connectivity index (χ0n) is 37.9.